The average Bonchev–Trinajstić information content (AvgIpc) is 3.15. The molecule has 2 aromatic rings. The first kappa shape index (κ1) is 19.0. The zero-order valence-electron chi connectivity index (χ0n) is 15.2. The van der Waals surface area contributed by atoms with Gasteiger partial charge >= 0.3 is 0 Å². The van der Waals surface area contributed by atoms with Gasteiger partial charge in [0.1, 0.15) is 16.5 Å². The molecule has 2 aromatic carbocycles. The predicted molar refractivity (Wildman–Crippen MR) is 99.5 cm³/mol. The van der Waals surface area contributed by atoms with Crippen LogP contribution >= 0.6 is 0 Å². The van der Waals surface area contributed by atoms with E-state index in [1.54, 1.807) is 4.90 Å². The summed E-state index contributed by atoms with van der Waals surface area (Å²) in [6.07, 6.45) is 3.12. The first-order chi connectivity index (χ1) is 13.4. The minimum Gasteiger partial charge on any atom is -0.336 e. The highest BCUT2D eigenvalue weighted by Crippen LogP contribution is 2.25. The third-order valence-electron chi connectivity index (χ3n) is 5.38. The van der Waals surface area contributed by atoms with E-state index in [0.717, 1.165) is 35.7 Å². The van der Waals surface area contributed by atoms with Gasteiger partial charge in [-0.25, -0.2) is 17.2 Å². The molecular formula is C20H20F2N2O3S. The first-order valence-electron chi connectivity index (χ1n) is 9.22. The topological polar surface area (TPSA) is 57.7 Å². The van der Waals surface area contributed by atoms with E-state index in [-0.39, 0.29) is 32.1 Å². The number of hydrogen-bond donors (Lipinski definition) is 0. The normalized spacial score (nSPS) is 17.6. The SMILES string of the molecule is O=C(c1ccc2c(c1)CCC2)N1CCN(S(=O)(=O)c2ccc(F)cc2F)CC1. The molecule has 148 valence electrons. The molecule has 0 bridgehead atoms. The van der Waals surface area contributed by atoms with E-state index in [1.807, 2.05) is 18.2 Å². The number of sulfonamides is 1. The van der Waals surface area contributed by atoms with E-state index in [0.29, 0.717) is 11.6 Å². The lowest BCUT2D eigenvalue weighted by Gasteiger charge is -2.34. The number of hydrogen-bond acceptors (Lipinski definition) is 3. The van der Waals surface area contributed by atoms with Crippen LogP contribution in [-0.4, -0.2) is 49.7 Å². The fraction of sp³-hybridized carbons (Fsp3) is 0.350. The lowest BCUT2D eigenvalue weighted by Crippen LogP contribution is -2.50. The largest absolute Gasteiger partial charge is 0.336 e. The molecule has 0 unspecified atom stereocenters. The molecule has 1 saturated heterocycles. The standard InChI is InChI=1S/C20H20F2N2O3S/c21-17-6-7-19(18(22)13-17)28(26,27)24-10-8-23(9-11-24)20(25)16-5-4-14-2-1-3-15(14)12-16/h4-7,12-13H,1-3,8-11H2. The van der Waals surface area contributed by atoms with Crippen LogP contribution in [0.15, 0.2) is 41.3 Å². The van der Waals surface area contributed by atoms with E-state index >= 15 is 0 Å². The molecule has 1 amide bonds. The number of amides is 1. The first-order valence-corrected chi connectivity index (χ1v) is 10.7. The third-order valence-corrected chi connectivity index (χ3v) is 7.31. The van der Waals surface area contributed by atoms with Gasteiger partial charge in [-0.2, -0.15) is 4.31 Å². The molecule has 0 N–H and O–H groups in total. The van der Waals surface area contributed by atoms with Gasteiger partial charge < -0.3 is 4.90 Å². The minimum atomic E-state index is -4.08. The van der Waals surface area contributed by atoms with Gasteiger partial charge in [-0.3, -0.25) is 4.79 Å². The van der Waals surface area contributed by atoms with Crippen LogP contribution in [0.3, 0.4) is 0 Å². The Bertz CT molecular complexity index is 1030. The molecule has 5 nitrogen and oxygen atoms in total. The molecule has 4 rings (SSSR count). The summed E-state index contributed by atoms with van der Waals surface area (Å²) in [5.74, 6) is -2.07. The quantitative estimate of drug-likeness (QED) is 0.787. The van der Waals surface area contributed by atoms with Gasteiger partial charge in [-0.05, 0) is 54.7 Å². The number of aryl methyl sites for hydroxylation is 2. The minimum absolute atomic E-state index is 0.0653. The van der Waals surface area contributed by atoms with Gasteiger partial charge in [0.2, 0.25) is 10.0 Å². The summed E-state index contributed by atoms with van der Waals surface area (Å²) >= 11 is 0. The second-order valence-corrected chi connectivity index (χ2v) is 9.01. The molecule has 8 heteroatoms. The Labute approximate surface area is 162 Å². The fourth-order valence-corrected chi connectivity index (χ4v) is 5.31. The highest BCUT2D eigenvalue weighted by atomic mass is 32.2. The van der Waals surface area contributed by atoms with E-state index in [4.69, 9.17) is 0 Å². The highest BCUT2D eigenvalue weighted by molar-refractivity contribution is 7.89. The maximum atomic E-state index is 13.9. The van der Waals surface area contributed by atoms with Crippen LogP contribution < -0.4 is 0 Å². The zero-order chi connectivity index (χ0) is 19.9. The van der Waals surface area contributed by atoms with Crippen molar-refractivity contribution in [3.8, 4) is 0 Å². The smallest absolute Gasteiger partial charge is 0.253 e. The number of carbonyl (C=O) groups excluding carboxylic acids is 1. The Morgan fingerprint density at radius 2 is 1.61 bits per heavy atom. The zero-order valence-corrected chi connectivity index (χ0v) is 16.0. The van der Waals surface area contributed by atoms with Crippen molar-refractivity contribution in [1.82, 2.24) is 9.21 Å². The van der Waals surface area contributed by atoms with Crippen LogP contribution in [0.4, 0.5) is 8.78 Å². The molecule has 1 aliphatic heterocycles. The lowest BCUT2D eigenvalue weighted by molar-refractivity contribution is 0.0697. The summed E-state index contributed by atoms with van der Waals surface area (Å²) in [6, 6.07) is 8.16. The Morgan fingerprint density at radius 3 is 2.32 bits per heavy atom. The van der Waals surface area contributed by atoms with Gasteiger partial charge in [0.25, 0.3) is 5.91 Å². The third kappa shape index (κ3) is 3.42. The second kappa shape index (κ2) is 7.25. The number of fused-ring (bicyclic) bond motifs is 1. The van der Waals surface area contributed by atoms with Crippen molar-refractivity contribution in [2.24, 2.45) is 0 Å². The summed E-state index contributed by atoms with van der Waals surface area (Å²) in [5.41, 5.74) is 3.11. The summed E-state index contributed by atoms with van der Waals surface area (Å²) < 4.78 is 53.4. The molecular weight excluding hydrogens is 386 g/mol. The van der Waals surface area contributed by atoms with Crippen molar-refractivity contribution in [2.75, 3.05) is 26.2 Å². The van der Waals surface area contributed by atoms with E-state index in [1.165, 1.54) is 11.1 Å². The summed E-state index contributed by atoms with van der Waals surface area (Å²) in [6.45, 7) is 0.571. The van der Waals surface area contributed by atoms with Crippen LogP contribution in [-0.2, 0) is 22.9 Å². The predicted octanol–water partition coefficient (Wildman–Crippen LogP) is 2.60. The number of rotatable bonds is 3. The molecule has 1 fully saturated rings. The molecule has 0 radical (unpaired) electrons. The van der Waals surface area contributed by atoms with Crippen molar-refractivity contribution >= 4 is 15.9 Å². The lowest BCUT2D eigenvalue weighted by atomic mass is 10.1. The van der Waals surface area contributed by atoms with Crippen molar-refractivity contribution in [1.29, 1.82) is 0 Å². The number of piperazine rings is 1. The number of halogens is 2. The molecule has 0 spiro atoms. The molecule has 0 aromatic heterocycles. The number of carbonyl (C=O) groups is 1. The number of benzene rings is 2. The molecule has 1 heterocycles. The molecule has 28 heavy (non-hydrogen) atoms. The molecule has 0 saturated carbocycles. The Balaban J connectivity index is 1.46. The maximum Gasteiger partial charge on any atom is 0.253 e. The summed E-state index contributed by atoms with van der Waals surface area (Å²) in [4.78, 5) is 13.8. The van der Waals surface area contributed by atoms with Crippen LogP contribution in [0.25, 0.3) is 0 Å². The molecule has 2 aliphatic rings. The van der Waals surface area contributed by atoms with E-state index in [9.17, 15) is 22.0 Å². The summed E-state index contributed by atoms with van der Waals surface area (Å²) in [7, 11) is -4.08. The van der Waals surface area contributed by atoms with Crippen molar-refractivity contribution in [2.45, 2.75) is 24.2 Å². The van der Waals surface area contributed by atoms with Crippen LogP contribution in [0.5, 0.6) is 0 Å². The highest BCUT2D eigenvalue weighted by Gasteiger charge is 2.32. The monoisotopic (exact) mass is 406 g/mol. The maximum absolute atomic E-state index is 13.9. The van der Waals surface area contributed by atoms with Gasteiger partial charge in [-0.15, -0.1) is 0 Å². The second-order valence-electron chi connectivity index (χ2n) is 7.11. The van der Waals surface area contributed by atoms with Crippen LogP contribution in [0.1, 0.15) is 27.9 Å². The van der Waals surface area contributed by atoms with E-state index in [2.05, 4.69) is 0 Å². The van der Waals surface area contributed by atoms with Gasteiger partial charge in [0.05, 0.1) is 0 Å². The number of nitrogens with zero attached hydrogens (tertiary/aromatic N) is 2. The Kier molecular flexibility index (Phi) is 4.93. The fourth-order valence-electron chi connectivity index (χ4n) is 3.84. The van der Waals surface area contributed by atoms with Crippen LogP contribution in [0.2, 0.25) is 0 Å². The van der Waals surface area contributed by atoms with Crippen molar-refractivity contribution < 1.29 is 22.0 Å². The average molecular weight is 406 g/mol. The van der Waals surface area contributed by atoms with Gasteiger partial charge in [0, 0.05) is 37.8 Å². The van der Waals surface area contributed by atoms with Crippen LogP contribution in [0, 0.1) is 11.6 Å². The van der Waals surface area contributed by atoms with Crippen molar-refractivity contribution in [3.05, 3.63) is 64.7 Å². The molecule has 0 atom stereocenters. The Hall–Kier alpha value is -2.32. The molecule has 1 aliphatic carbocycles. The van der Waals surface area contributed by atoms with E-state index < -0.39 is 26.6 Å². The van der Waals surface area contributed by atoms with Gasteiger partial charge in [-0.1, -0.05) is 6.07 Å². The summed E-state index contributed by atoms with van der Waals surface area (Å²) in [5, 5.41) is 0. The Morgan fingerprint density at radius 1 is 0.893 bits per heavy atom. The van der Waals surface area contributed by atoms with Crippen molar-refractivity contribution in [3.63, 3.8) is 0 Å². The van der Waals surface area contributed by atoms with Gasteiger partial charge in [0.15, 0.2) is 0 Å².